The zero-order valence-corrected chi connectivity index (χ0v) is 13.7. The first kappa shape index (κ1) is 15.5. The van der Waals surface area contributed by atoms with Gasteiger partial charge in [-0.05, 0) is 45.3 Å². The minimum absolute atomic E-state index is 0.00383. The van der Waals surface area contributed by atoms with Crippen LogP contribution in [0.3, 0.4) is 0 Å². The van der Waals surface area contributed by atoms with Crippen LogP contribution in [0, 0.1) is 6.92 Å². The summed E-state index contributed by atoms with van der Waals surface area (Å²) < 4.78 is 34.4. The van der Waals surface area contributed by atoms with Crippen LogP contribution in [-0.4, -0.2) is 52.9 Å². The molecule has 3 aliphatic rings. The highest BCUT2D eigenvalue weighted by Crippen LogP contribution is 2.43. The minimum Gasteiger partial charge on any atom is -0.378 e. The maximum atomic E-state index is 13.6. The molecule has 0 spiro atoms. The molecule has 0 N–H and O–H groups in total. The van der Waals surface area contributed by atoms with Gasteiger partial charge in [-0.15, -0.1) is 0 Å². The Morgan fingerprint density at radius 3 is 2.48 bits per heavy atom. The Morgan fingerprint density at radius 1 is 1.17 bits per heavy atom. The number of rotatable bonds is 3. The van der Waals surface area contributed by atoms with Gasteiger partial charge < -0.3 is 4.74 Å². The van der Waals surface area contributed by atoms with E-state index in [9.17, 15) is 8.78 Å². The van der Waals surface area contributed by atoms with Gasteiger partial charge in [-0.25, -0.2) is 8.78 Å². The molecule has 4 nitrogen and oxygen atoms in total. The van der Waals surface area contributed by atoms with E-state index in [1.54, 1.807) is 0 Å². The number of likely N-dealkylation sites (tertiary alicyclic amines) is 1. The van der Waals surface area contributed by atoms with Crippen molar-refractivity contribution >= 4 is 0 Å². The molecule has 0 amide bonds. The average molecular weight is 325 g/mol. The highest BCUT2D eigenvalue weighted by molar-refractivity contribution is 5.16. The Kier molecular flexibility index (Phi) is 3.92. The lowest BCUT2D eigenvalue weighted by Crippen LogP contribution is -2.51. The molecule has 1 aliphatic carbocycles. The summed E-state index contributed by atoms with van der Waals surface area (Å²) in [7, 11) is 0. The molecular weight excluding hydrogens is 300 g/mol. The molecule has 2 aliphatic heterocycles. The third kappa shape index (κ3) is 3.03. The summed E-state index contributed by atoms with van der Waals surface area (Å²) in [5.74, 6) is -2.07. The lowest BCUT2D eigenvalue weighted by atomic mass is 9.91. The van der Waals surface area contributed by atoms with Crippen molar-refractivity contribution in [1.82, 2.24) is 14.7 Å². The Bertz CT molecular complexity index is 562. The summed E-state index contributed by atoms with van der Waals surface area (Å²) in [5, 5.41) is 4.56. The number of alkyl halides is 2. The third-order valence-electron chi connectivity index (χ3n) is 5.69. The highest BCUT2D eigenvalue weighted by atomic mass is 19.3. The topological polar surface area (TPSA) is 30.3 Å². The van der Waals surface area contributed by atoms with Crippen LogP contribution in [0.25, 0.3) is 0 Å². The third-order valence-corrected chi connectivity index (χ3v) is 5.69. The number of piperidine rings is 1. The van der Waals surface area contributed by atoms with Gasteiger partial charge in [-0.2, -0.15) is 5.10 Å². The van der Waals surface area contributed by atoms with Gasteiger partial charge in [0.1, 0.15) is 0 Å². The molecular formula is C17H25F2N3O. The monoisotopic (exact) mass is 325 g/mol. The molecule has 1 aromatic heterocycles. The number of hydrogen-bond acceptors (Lipinski definition) is 3. The fourth-order valence-corrected chi connectivity index (χ4v) is 4.26. The molecule has 23 heavy (non-hydrogen) atoms. The molecule has 3 heterocycles. The van der Waals surface area contributed by atoms with Crippen LogP contribution < -0.4 is 0 Å². The molecule has 1 unspecified atom stereocenters. The molecule has 4 rings (SSSR count). The molecule has 0 radical (unpaired) electrons. The van der Waals surface area contributed by atoms with E-state index in [-0.39, 0.29) is 18.9 Å². The average Bonchev–Trinajstić information content (AvgIpc) is 3.00. The van der Waals surface area contributed by atoms with Crippen LogP contribution in [-0.2, 0) is 4.74 Å². The summed E-state index contributed by atoms with van der Waals surface area (Å²) in [6, 6.07) is 2.58. The van der Waals surface area contributed by atoms with Gasteiger partial charge in [0, 0.05) is 24.5 Å². The van der Waals surface area contributed by atoms with Crippen molar-refractivity contribution in [3.63, 3.8) is 0 Å². The van der Waals surface area contributed by atoms with E-state index >= 15 is 0 Å². The number of hydrogen-bond donors (Lipinski definition) is 0. The zero-order valence-electron chi connectivity index (χ0n) is 13.7. The van der Waals surface area contributed by atoms with Crippen LogP contribution in [0.4, 0.5) is 8.78 Å². The first-order valence-corrected chi connectivity index (χ1v) is 8.77. The van der Waals surface area contributed by atoms with Gasteiger partial charge in [0.2, 0.25) is 5.92 Å². The van der Waals surface area contributed by atoms with Gasteiger partial charge in [-0.3, -0.25) is 9.58 Å². The Labute approximate surface area is 135 Å². The maximum Gasteiger partial charge on any atom is 0.250 e. The Balaban J connectivity index is 1.47. The van der Waals surface area contributed by atoms with Crippen LogP contribution in [0.5, 0.6) is 0 Å². The normalized spacial score (nSPS) is 29.8. The van der Waals surface area contributed by atoms with Crippen molar-refractivity contribution in [2.45, 2.75) is 63.0 Å². The van der Waals surface area contributed by atoms with Gasteiger partial charge in [0.25, 0.3) is 0 Å². The largest absolute Gasteiger partial charge is 0.378 e. The van der Waals surface area contributed by atoms with E-state index in [2.05, 4.69) is 16.1 Å². The SMILES string of the molecule is Cc1cc(C2CCN(C3COC3)CC2)n(C2CCC(F)(F)C2)n1. The number of aryl methyl sites for hydroxylation is 1. The van der Waals surface area contributed by atoms with Gasteiger partial charge >= 0.3 is 0 Å². The summed E-state index contributed by atoms with van der Waals surface area (Å²) in [6.07, 6.45) is 2.66. The molecule has 1 saturated carbocycles. The second-order valence-electron chi connectivity index (χ2n) is 7.41. The summed E-state index contributed by atoms with van der Waals surface area (Å²) in [5.41, 5.74) is 2.12. The number of ether oxygens (including phenoxy) is 1. The van der Waals surface area contributed by atoms with Crippen molar-refractivity contribution in [1.29, 1.82) is 0 Å². The van der Waals surface area contributed by atoms with Crippen molar-refractivity contribution in [2.24, 2.45) is 0 Å². The highest BCUT2D eigenvalue weighted by Gasteiger charge is 2.42. The second kappa shape index (κ2) is 5.81. The quantitative estimate of drug-likeness (QED) is 0.855. The lowest BCUT2D eigenvalue weighted by molar-refractivity contribution is -0.0714. The first-order valence-electron chi connectivity index (χ1n) is 8.77. The smallest absolute Gasteiger partial charge is 0.250 e. The predicted molar refractivity (Wildman–Crippen MR) is 83.0 cm³/mol. The summed E-state index contributed by atoms with van der Waals surface area (Å²) in [6.45, 7) is 5.83. The van der Waals surface area contributed by atoms with E-state index in [1.165, 1.54) is 5.69 Å². The molecule has 2 saturated heterocycles. The number of aromatic nitrogens is 2. The van der Waals surface area contributed by atoms with E-state index in [1.807, 2.05) is 11.6 Å². The van der Waals surface area contributed by atoms with Crippen LogP contribution in [0.15, 0.2) is 6.07 Å². The summed E-state index contributed by atoms with van der Waals surface area (Å²) in [4.78, 5) is 2.51. The van der Waals surface area contributed by atoms with E-state index in [0.717, 1.165) is 44.8 Å². The minimum atomic E-state index is -2.52. The van der Waals surface area contributed by atoms with Crippen LogP contribution >= 0.6 is 0 Å². The zero-order chi connectivity index (χ0) is 16.0. The second-order valence-corrected chi connectivity index (χ2v) is 7.41. The molecule has 1 atom stereocenters. The Morgan fingerprint density at radius 2 is 1.91 bits per heavy atom. The van der Waals surface area contributed by atoms with E-state index in [0.29, 0.717) is 18.4 Å². The van der Waals surface area contributed by atoms with E-state index in [4.69, 9.17) is 4.74 Å². The lowest BCUT2D eigenvalue weighted by Gasteiger charge is -2.41. The summed E-state index contributed by atoms with van der Waals surface area (Å²) >= 11 is 0. The van der Waals surface area contributed by atoms with Crippen molar-refractivity contribution in [3.8, 4) is 0 Å². The maximum absolute atomic E-state index is 13.6. The first-order chi connectivity index (χ1) is 11.0. The van der Waals surface area contributed by atoms with Crippen molar-refractivity contribution in [2.75, 3.05) is 26.3 Å². The molecule has 0 aromatic carbocycles. The Hall–Kier alpha value is -1.01. The van der Waals surface area contributed by atoms with E-state index < -0.39 is 5.92 Å². The fourth-order valence-electron chi connectivity index (χ4n) is 4.26. The van der Waals surface area contributed by atoms with Crippen LogP contribution in [0.1, 0.15) is 55.5 Å². The van der Waals surface area contributed by atoms with Crippen molar-refractivity contribution < 1.29 is 13.5 Å². The molecule has 0 bridgehead atoms. The standard InChI is InChI=1S/C17H25F2N3O/c1-12-8-16(22(20-12)14-2-5-17(18,19)9-14)13-3-6-21(7-4-13)15-10-23-11-15/h8,13-15H,2-7,9-11H2,1H3. The van der Waals surface area contributed by atoms with Crippen LogP contribution in [0.2, 0.25) is 0 Å². The molecule has 3 fully saturated rings. The van der Waals surface area contributed by atoms with Gasteiger partial charge in [-0.1, -0.05) is 0 Å². The predicted octanol–water partition coefficient (Wildman–Crippen LogP) is 3.13. The van der Waals surface area contributed by atoms with Crippen molar-refractivity contribution in [3.05, 3.63) is 17.5 Å². The number of halogens is 2. The molecule has 1 aromatic rings. The fraction of sp³-hybridized carbons (Fsp3) is 0.824. The van der Waals surface area contributed by atoms with Gasteiger partial charge in [0.05, 0.1) is 31.0 Å². The molecule has 6 heteroatoms. The molecule has 128 valence electrons. The van der Waals surface area contributed by atoms with Gasteiger partial charge in [0.15, 0.2) is 0 Å². The number of nitrogens with zero attached hydrogens (tertiary/aromatic N) is 3.